The molecule has 0 aliphatic heterocycles. The van der Waals surface area contributed by atoms with Gasteiger partial charge in [0.05, 0.1) is 5.56 Å². The molecule has 0 aliphatic rings. The van der Waals surface area contributed by atoms with Crippen molar-refractivity contribution in [1.29, 1.82) is 0 Å². The van der Waals surface area contributed by atoms with Crippen molar-refractivity contribution in [3.8, 4) is 0 Å². The van der Waals surface area contributed by atoms with Gasteiger partial charge in [-0.25, -0.2) is 0 Å². The zero-order chi connectivity index (χ0) is 14.7. The summed E-state index contributed by atoms with van der Waals surface area (Å²) in [5.41, 5.74) is -1.33. The molecule has 3 nitrogen and oxygen atoms in total. The predicted molar refractivity (Wildman–Crippen MR) is 64.6 cm³/mol. The number of benzene rings is 1. The Labute approximate surface area is 110 Å². The lowest BCUT2D eigenvalue weighted by molar-refractivity contribution is -0.137. The number of hydrogen-bond donors (Lipinski definition) is 1. The molecule has 0 fully saturated rings. The molecule has 0 spiro atoms. The third kappa shape index (κ3) is 3.75. The molecule has 1 aromatic carbocycles. The molecule has 0 radical (unpaired) electrons. The molecule has 0 aliphatic carbocycles. The molecular weight excluding hydrogens is 280 g/mol. The van der Waals surface area contributed by atoms with Gasteiger partial charge in [-0.2, -0.15) is 13.2 Å². The Balaban J connectivity index is 3.14. The van der Waals surface area contributed by atoms with E-state index in [2.05, 4.69) is 0 Å². The van der Waals surface area contributed by atoms with Crippen LogP contribution in [0.15, 0.2) is 24.3 Å². The van der Waals surface area contributed by atoms with Gasteiger partial charge >= 0.3 is 14.4 Å². The van der Waals surface area contributed by atoms with Crippen molar-refractivity contribution in [2.24, 2.45) is 0 Å². The average molecular weight is 295 g/mol. The van der Waals surface area contributed by atoms with Crippen molar-refractivity contribution in [3.05, 3.63) is 35.4 Å². The second kappa shape index (κ2) is 5.99. The van der Waals surface area contributed by atoms with Crippen LogP contribution in [-0.4, -0.2) is 4.89 Å². The summed E-state index contributed by atoms with van der Waals surface area (Å²) in [5, 5.41) is 0. The van der Waals surface area contributed by atoms with E-state index in [0.29, 0.717) is 18.4 Å². The first-order chi connectivity index (χ1) is 8.75. The lowest BCUT2D eigenvalue weighted by atomic mass is 9.88. The van der Waals surface area contributed by atoms with E-state index < -0.39 is 25.6 Å². The topological polar surface area (TPSA) is 46.5 Å². The summed E-state index contributed by atoms with van der Waals surface area (Å²) in [6.45, 7) is 3.50. The predicted octanol–water partition coefficient (Wildman–Crippen LogP) is 4.39. The lowest BCUT2D eigenvalue weighted by Crippen LogP contribution is -2.25. The Hall–Kier alpha value is -0.970. The second-order valence-electron chi connectivity index (χ2n) is 4.11. The van der Waals surface area contributed by atoms with Crippen molar-refractivity contribution < 1.29 is 27.2 Å². The molecule has 0 aromatic heterocycles. The highest BCUT2D eigenvalue weighted by Crippen LogP contribution is 2.41. The van der Waals surface area contributed by atoms with E-state index in [1.807, 2.05) is 0 Å². The largest absolute Gasteiger partial charge is 0.695 e. The van der Waals surface area contributed by atoms with Gasteiger partial charge in [0.1, 0.15) is 0 Å². The maximum Gasteiger partial charge on any atom is 0.695 e. The van der Waals surface area contributed by atoms with Crippen LogP contribution in [0, 0.1) is 0 Å². The first-order valence-electron chi connectivity index (χ1n) is 5.78. The van der Waals surface area contributed by atoms with Crippen molar-refractivity contribution in [3.63, 3.8) is 0 Å². The summed E-state index contributed by atoms with van der Waals surface area (Å²) in [7, 11) is -2.83. The van der Waals surface area contributed by atoms with E-state index in [9.17, 15) is 17.7 Å². The van der Waals surface area contributed by atoms with Crippen LogP contribution in [0.2, 0.25) is 0 Å². The van der Waals surface area contributed by atoms with Gasteiger partial charge in [0, 0.05) is 4.57 Å². The minimum atomic E-state index is -4.40. The van der Waals surface area contributed by atoms with E-state index in [0.717, 1.165) is 12.1 Å². The summed E-state index contributed by atoms with van der Waals surface area (Å²) in [4.78, 5) is 8.90. The SMILES string of the molecule is CCC(CC)(O[P+](=O)O)c1ccc(C(F)(F)F)cc1. The van der Waals surface area contributed by atoms with Crippen LogP contribution in [-0.2, 0) is 20.9 Å². The van der Waals surface area contributed by atoms with E-state index in [1.54, 1.807) is 13.8 Å². The lowest BCUT2D eigenvalue weighted by Gasteiger charge is -2.25. The minimum Gasteiger partial charge on any atom is -0.166 e. The fourth-order valence-corrected chi connectivity index (χ4v) is 2.62. The van der Waals surface area contributed by atoms with Gasteiger partial charge in [0.25, 0.3) is 0 Å². The van der Waals surface area contributed by atoms with Gasteiger partial charge in [-0.1, -0.05) is 26.0 Å². The maximum atomic E-state index is 12.5. The molecule has 0 bridgehead atoms. The fraction of sp³-hybridized carbons (Fsp3) is 0.500. The van der Waals surface area contributed by atoms with Gasteiger partial charge < -0.3 is 0 Å². The van der Waals surface area contributed by atoms with Crippen LogP contribution < -0.4 is 0 Å². The molecule has 0 heterocycles. The summed E-state index contributed by atoms with van der Waals surface area (Å²) in [5.74, 6) is 0. The first-order valence-corrected chi connectivity index (χ1v) is 6.91. The van der Waals surface area contributed by atoms with Gasteiger partial charge in [0.15, 0.2) is 5.60 Å². The highest BCUT2D eigenvalue weighted by atomic mass is 31.1. The summed E-state index contributed by atoms with van der Waals surface area (Å²) < 4.78 is 53.3. The molecular formula is C12H15F3O3P+. The van der Waals surface area contributed by atoms with Crippen molar-refractivity contribution >= 4 is 8.25 Å². The van der Waals surface area contributed by atoms with Gasteiger partial charge in [-0.3, -0.25) is 0 Å². The first kappa shape index (κ1) is 16.1. The summed E-state index contributed by atoms with van der Waals surface area (Å²) >= 11 is 0. The van der Waals surface area contributed by atoms with Crippen molar-refractivity contribution in [2.75, 3.05) is 0 Å². The molecule has 1 aromatic rings. The Bertz CT molecular complexity index is 439. The maximum absolute atomic E-state index is 12.5. The van der Waals surface area contributed by atoms with E-state index in [4.69, 9.17) is 9.42 Å². The van der Waals surface area contributed by atoms with Crippen LogP contribution in [0.25, 0.3) is 0 Å². The monoisotopic (exact) mass is 295 g/mol. The highest BCUT2D eigenvalue weighted by molar-refractivity contribution is 7.32. The van der Waals surface area contributed by atoms with Crippen molar-refractivity contribution in [2.45, 2.75) is 38.5 Å². The standard InChI is InChI=1S/C12H14F3O3P/c1-3-11(4-2,18-19(16)17)9-5-7-10(8-6-9)12(13,14)15/h5-8H,3-4H2,1-2H3/p+1. The zero-order valence-electron chi connectivity index (χ0n) is 10.6. The number of alkyl halides is 3. The van der Waals surface area contributed by atoms with Crippen LogP contribution in [0.5, 0.6) is 0 Å². The molecule has 1 atom stereocenters. The Morgan fingerprint density at radius 2 is 1.53 bits per heavy atom. The van der Waals surface area contributed by atoms with Gasteiger partial charge in [-0.05, 0) is 30.5 Å². The molecule has 1 unspecified atom stereocenters. The van der Waals surface area contributed by atoms with Gasteiger partial charge in [-0.15, -0.1) is 9.42 Å². The van der Waals surface area contributed by atoms with Gasteiger partial charge in [0.2, 0.25) is 0 Å². The van der Waals surface area contributed by atoms with Crippen LogP contribution >= 0.6 is 8.25 Å². The Kier molecular flexibility index (Phi) is 5.07. The number of hydrogen-bond acceptors (Lipinski definition) is 2. The van der Waals surface area contributed by atoms with Crippen LogP contribution in [0.3, 0.4) is 0 Å². The van der Waals surface area contributed by atoms with Crippen LogP contribution in [0.4, 0.5) is 13.2 Å². The Morgan fingerprint density at radius 1 is 1.11 bits per heavy atom. The van der Waals surface area contributed by atoms with Crippen molar-refractivity contribution in [1.82, 2.24) is 0 Å². The molecule has 7 heteroatoms. The molecule has 0 saturated heterocycles. The van der Waals surface area contributed by atoms with E-state index >= 15 is 0 Å². The zero-order valence-corrected chi connectivity index (χ0v) is 11.5. The third-order valence-corrected chi connectivity index (χ3v) is 3.64. The Morgan fingerprint density at radius 3 is 1.84 bits per heavy atom. The smallest absolute Gasteiger partial charge is 0.166 e. The third-order valence-electron chi connectivity index (χ3n) is 3.13. The van der Waals surface area contributed by atoms with Crippen LogP contribution in [0.1, 0.15) is 37.8 Å². The molecule has 1 N–H and O–H groups in total. The molecule has 0 amide bonds. The summed E-state index contributed by atoms with van der Waals surface area (Å²) in [6, 6.07) is 4.47. The van der Waals surface area contributed by atoms with E-state index in [1.165, 1.54) is 12.1 Å². The normalized spacial score (nSPS) is 13.5. The minimum absolute atomic E-state index is 0.385. The molecule has 0 saturated carbocycles. The van der Waals surface area contributed by atoms with E-state index in [-0.39, 0.29) is 0 Å². The second-order valence-corrected chi connectivity index (χ2v) is 4.76. The molecule has 1 rings (SSSR count). The average Bonchev–Trinajstić information content (AvgIpc) is 2.35. The number of halogens is 3. The quantitative estimate of drug-likeness (QED) is 0.820. The highest BCUT2D eigenvalue weighted by Gasteiger charge is 2.39. The molecule has 106 valence electrons. The number of rotatable bonds is 5. The summed E-state index contributed by atoms with van der Waals surface area (Å²) in [6.07, 6.45) is -3.63. The molecule has 19 heavy (non-hydrogen) atoms. The fourth-order valence-electron chi connectivity index (χ4n) is 1.95.